The molecular weight excluding hydrogens is 261 g/mol. The Balaban J connectivity index is 1.80. The molecule has 0 unspecified atom stereocenters. The number of imidazole rings is 1. The zero-order chi connectivity index (χ0) is 13.2. The van der Waals surface area contributed by atoms with Gasteiger partial charge in [-0.2, -0.15) is 0 Å². The highest BCUT2D eigenvalue weighted by Gasteiger charge is 2.11. The Morgan fingerprint density at radius 2 is 1.95 bits per heavy atom. The Hall–Kier alpha value is -1.20. The van der Waals surface area contributed by atoms with E-state index in [1.807, 2.05) is 0 Å². The van der Waals surface area contributed by atoms with Crippen molar-refractivity contribution in [1.82, 2.24) is 14.5 Å². The number of nitrogens with zero attached hydrogens (tertiary/aromatic N) is 2. The maximum Gasteiger partial charge on any atom is 0.178 e. The van der Waals surface area contributed by atoms with Crippen LogP contribution in [-0.2, 0) is 6.54 Å². The summed E-state index contributed by atoms with van der Waals surface area (Å²) in [6.07, 6.45) is 3.94. The van der Waals surface area contributed by atoms with Crippen LogP contribution in [0.15, 0.2) is 18.2 Å². The Kier molecular flexibility index (Phi) is 3.66. The first-order valence-electron chi connectivity index (χ1n) is 6.84. The van der Waals surface area contributed by atoms with E-state index in [1.54, 1.807) is 6.07 Å². The maximum absolute atomic E-state index is 13.2. The summed E-state index contributed by atoms with van der Waals surface area (Å²) in [6.45, 7) is 4.25. The number of piperidine rings is 1. The van der Waals surface area contributed by atoms with E-state index in [1.165, 1.54) is 44.5 Å². The van der Waals surface area contributed by atoms with Crippen LogP contribution in [0.1, 0.15) is 19.3 Å². The Morgan fingerprint density at radius 3 is 2.74 bits per heavy atom. The molecule has 1 N–H and O–H groups in total. The van der Waals surface area contributed by atoms with Gasteiger partial charge in [-0.15, -0.1) is 0 Å². The van der Waals surface area contributed by atoms with Gasteiger partial charge in [0.05, 0.1) is 11.0 Å². The lowest BCUT2D eigenvalue weighted by molar-refractivity contribution is 0.221. The van der Waals surface area contributed by atoms with Crippen molar-refractivity contribution >= 4 is 23.3 Å². The van der Waals surface area contributed by atoms with Crippen molar-refractivity contribution in [2.75, 3.05) is 19.6 Å². The number of halogens is 1. The highest BCUT2D eigenvalue weighted by molar-refractivity contribution is 7.71. The van der Waals surface area contributed by atoms with Crippen molar-refractivity contribution in [2.24, 2.45) is 0 Å². The van der Waals surface area contributed by atoms with Crippen LogP contribution < -0.4 is 0 Å². The molecule has 3 nitrogen and oxygen atoms in total. The Labute approximate surface area is 117 Å². The zero-order valence-corrected chi connectivity index (χ0v) is 11.7. The van der Waals surface area contributed by atoms with Gasteiger partial charge in [0.1, 0.15) is 5.82 Å². The molecule has 1 aliphatic rings. The van der Waals surface area contributed by atoms with E-state index < -0.39 is 0 Å². The van der Waals surface area contributed by atoms with Gasteiger partial charge in [-0.25, -0.2) is 4.39 Å². The minimum atomic E-state index is -0.230. The second-order valence-electron chi connectivity index (χ2n) is 5.15. The van der Waals surface area contributed by atoms with Crippen molar-refractivity contribution in [1.29, 1.82) is 0 Å². The van der Waals surface area contributed by atoms with Crippen LogP contribution in [0, 0.1) is 10.6 Å². The quantitative estimate of drug-likeness (QED) is 0.871. The van der Waals surface area contributed by atoms with Gasteiger partial charge in [0.25, 0.3) is 0 Å². The average molecular weight is 279 g/mol. The molecule has 1 aromatic carbocycles. The molecule has 0 saturated carbocycles. The predicted octanol–water partition coefficient (Wildman–Crippen LogP) is 3.32. The first-order chi connectivity index (χ1) is 9.24. The highest BCUT2D eigenvalue weighted by atomic mass is 32.1. The van der Waals surface area contributed by atoms with Crippen LogP contribution in [0.4, 0.5) is 4.39 Å². The van der Waals surface area contributed by atoms with Crippen LogP contribution in [-0.4, -0.2) is 34.1 Å². The van der Waals surface area contributed by atoms with Crippen molar-refractivity contribution in [3.05, 3.63) is 28.8 Å². The molecule has 1 saturated heterocycles. The molecule has 2 aromatic rings. The topological polar surface area (TPSA) is 24.0 Å². The molecule has 1 aliphatic heterocycles. The third-order valence-electron chi connectivity index (χ3n) is 3.82. The fraction of sp³-hybridized carbons (Fsp3) is 0.500. The largest absolute Gasteiger partial charge is 0.330 e. The summed E-state index contributed by atoms with van der Waals surface area (Å²) in [7, 11) is 0. The number of nitrogens with one attached hydrogen (secondary N) is 1. The second kappa shape index (κ2) is 5.43. The van der Waals surface area contributed by atoms with Crippen LogP contribution in [0.2, 0.25) is 0 Å². The van der Waals surface area contributed by atoms with Crippen LogP contribution >= 0.6 is 12.2 Å². The first-order valence-corrected chi connectivity index (χ1v) is 7.25. The normalized spacial score (nSPS) is 17.1. The zero-order valence-electron chi connectivity index (χ0n) is 10.9. The fourth-order valence-corrected chi connectivity index (χ4v) is 3.08. The summed E-state index contributed by atoms with van der Waals surface area (Å²) in [6, 6.07) is 4.79. The Bertz CT molecular complexity index is 625. The number of H-pyrrole nitrogens is 1. The second-order valence-corrected chi connectivity index (χ2v) is 5.53. The van der Waals surface area contributed by atoms with Crippen LogP contribution in [0.5, 0.6) is 0 Å². The van der Waals surface area contributed by atoms with Gasteiger partial charge < -0.3 is 14.5 Å². The first kappa shape index (κ1) is 12.8. The van der Waals surface area contributed by atoms with Crippen LogP contribution in [0.3, 0.4) is 0 Å². The number of benzene rings is 1. The number of hydrogen-bond donors (Lipinski definition) is 1. The number of hydrogen-bond acceptors (Lipinski definition) is 2. The van der Waals surface area contributed by atoms with Gasteiger partial charge in [0.2, 0.25) is 0 Å². The summed E-state index contributed by atoms with van der Waals surface area (Å²) < 4.78 is 15.9. The predicted molar refractivity (Wildman–Crippen MR) is 77.4 cm³/mol. The number of rotatable bonds is 3. The molecular formula is C14H18FN3S. The van der Waals surface area contributed by atoms with E-state index in [4.69, 9.17) is 12.2 Å². The fourth-order valence-electron chi connectivity index (χ4n) is 2.78. The third kappa shape index (κ3) is 2.72. The molecule has 5 heteroatoms. The molecule has 1 aromatic heterocycles. The molecule has 0 amide bonds. The van der Waals surface area contributed by atoms with E-state index in [9.17, 15) is 4.39 Å². The summed E-state index contributed by atoms with van der Waals surface area (Å²) in [4.78, 5) is 5.55. The summed E-state index contributed by atoms with van der Waals surface area (Å²) >= 11 is 5.33. The summed E-state index contributed by atoms with van der Waals surface area (Å²) in [5.41, 5.74) is 1.77. The molecule has 0 aliphatic carbocycles. The van der Waals surface area contributed by atoms with Gasteiger partial charge in [-0.05, 0) is 56.3 Å². The van der Waals surface area contributed by atoms with Crippen LogP contribution in [0.25, 0.3) is 11.0 Å². The van der Waals surface area contributed by atoms with E-state index in [-0.39, 0.29) is 5.82 Å². The SMILES string of the molecule is Fc1ccc2c(c1)[nH]c(=S)n2CCN1CCCCC1. The monoisotopic (exact) mass is 279 g/mol. The van der Waals surface area contributed by atoms with Crippen molar-refractivity contribution in [3.8, 4) is 0 Å². The van der Waals surface area contributed by atoms with Gasteiger partial charge in [-0.3, -0.25) is 0 Å². The molecule has 1 fully saturated rings. The average Bonchev–Trinajstić information content (AvgIpc) is 2.72. The highest BCUT2D eigenvalue weighted by Crippen LogP contribution is 2.16. The molecule has 19 heavy (non-hydrogen) atoms. The standard InChI is InChI=1S/C14H18FN3S/c15-11-4-5-13-12(10-11)16-14(19)18(13)9-8-17-6-2-1-3-7-17/h4-5,10H,1-3,6-9H2,(H,16,19). The van der Waals surface area contributed by atoms with Crippen molar-refractivity contribution in [2.45, 2.75) is 25.8 Å². The van der Waals surface area contributed by atoms with Crippen molar-refractivity contribution in [3.63, 3.8) is 0 Å². The maximum atomic E-state index is 13.2. The van der Waals surface area contributed by atoms with Gasteiger partial charge in [0.15, 0.2) is 4.77 Å². The van der Waals surface area contributed by atoms with E-state index in [0.717, 1.165) is 24.1 Å². The lowest BCUT2D eigenvalue weighted by Crippen LogP contribution is -2.32. The van der Waals surface area contributed by atoms with E-state index >= 15 is 0 Å². The number of likely N-dealkylation sites (tertiary alicyclic amines) is 1. The van der Waals surface area contributed by atoms with E-state index in [0.29, 0.717) is 4.77 Å². The van der Waals surface area contributed by atoms with Crippen molar-refractivity contribution < 1.29 is 4.39 Å². The Morgan fingerprint density at radius 1 is 1.16 bits per heavy atom. The molecule has 102 valence electrons. The molecule has 0 bridgehead atoms. The van der Waals surface area contributed by atoms with Gasteiger partial charge in [-0.1, -0.05) is 6.42 Å². The third-order valence-corrected chi connectivity index (χ3v) is 4.15. The lowest BCUT2D eigenvalue weighted by atomic mass is 10.1. The summed E-state index contributed by atoms with van der Waals surface area (Å²) in [5, 5.41) is 0. The number of fused-ring (bicyclic) bond motifs is 1. The van der Waals surface area contributed by atoms with E-state index in [2.05, 4.69) is 14.5 Å². The molecule has 0 atom stereocenters. The van der Waals surface area contributed by atoms with Gasteiger partial charge in [0, 0.05) is 13.1 Å². The van der Waals surface area contributed by atoms with Gasteiger partial charge >= 0.3 is 0 Å². The molecule has 3 rings (SSSR count). The summed E-state index contributed by atoms with van der Waals surface area (Å²) in [5.74, 6) is -0.230. The number of aromatic nitrogens is 2. The lowest BCUT2D eigenvalue weighted by Gasteiger charge is -2.26. The minimum absolute atomic E-state index is 0.230. The minimum Gasteiger partial charge on any atom is -0.330 e. The molecule has 2 heterocycles. The molecule has 0 spiro atoms. The number of aromatic amines is 1. The molecule has 0 radical (unpaired) electrons. The smallest absolute Gasteiger partial charge is 0.178 e.